The van der Waals surface area contributed by atoms with Crippen LogP contribution < -0.4 is 20.1 Å². The van der Waals surface area contributed by atoms with Gasteiger partial charge in [-0.05, 0) is 42.5 Å². The fraction of sp³-hybridized carbons (Fsp3) is 0.188. The first kappa shape index (κ1) is 17.9. The lowest BCUT2D eigenvalue weighted by atomic mass is 10.2. The van der Waals surface area contributed by atoms with E-state index in [4.69, 9.17) is 21.7 Å². The van der Waals surface area contributed by atoms with Gasteiger partial charge < -0.3 is 20.1 Å². The van der Waals surface area contributed by atoms with Crippen LogP contribution in [0.4, 0.5) is 24.5 Å². The second-order valence-corrected chi connectivity index (χ2v) is 5.14. The minimum Gasteiger partial charge on any atom is -0.493 e. The molecular formula is C16H15F3N2O2S. The molecule has 0 atom stereocenters. The molecule has 0 spiro atoms. The number of hydrogen-bond acceptors (Lipinski definition) is 3. The minimum atomic E-state index is -4.41. The maximum Gasteiger partial charge on any atom is 0.416 e. The Bertz CT molecular complexity index is 736. The lowest BCUT2D eigenvalue weighted by Gasteiger charge is -2.14. The van der Waals surface area contributed by atoms with E-state index in [0.29, 0.717) is 17.2 Å². The van der Waals surface area contributed by atoms with E-state index in [1.807, 2.05) is 0 Å². The number of alkyl halides is 3. The summed E-state index contributed by atoms with van der Waals surface area (Å²) in [6.45, 7) is 0. The number of thiocarbonyl (C=S) groups is 1. The van der Waals surface area contributed by atoms with Crippen molar-refractivity contribution < 1.29 is 22.6 Å². The summed E-state index contributed by atoms with van der Waals surface area (Å²) in [5, 5.41) is 5.75. The number of anilines is 2. The van der Waals surface area contributed by atoms with Crippen LogP contribution in [0.3, 0.4) is 0 Å². The molecule has 24 heavy (non-hydrogen) atoms. The zero-order chi connectivity index (χ0) is 17.7. The first-order valence-corrected chi connectivity index (χ1v) is 7.21. The van der Waals surface area contributed by atoms with Crippen LogP contribution in [0.15, 0.2) is 42.5 Å². The third kappa shape index (κ3) is 4.51. The molecule has 0 aliphatic carbocycles. The predicted octanol–water partition coefficient (Wildman–Crippen LogP) is 4.53. The van der Waals surface area contributed by atoms with E-state index in [1.54, 1.807) is 18.2 Å². The molecule has 0 bridgehead atoms. The van der Waals surface area contributed by atoms with Gasteiger partial charge in [0.15, 0.2) is 16.6 Å². The fourth-order valence-electron chi connectivity index (χ4n) is 1.98. The quantitative estimate of drug-likeness (QED) is 0.788. The van der Waals surface area contributed by atoms with Gasteiger partial charge in [-0.3, -0.25) is 0 Å². The van der Waals surface area contributed by atoms with E-state index in [2.05, 4.69) is 10.6 Å². The first-order valence-electron chi connectivity index (χ1n) is 6.81. The molecule has 0 saturated carbocycles. The summed E-state index contributed by atoms with van der Waals surface area (Å²) in [6.07, 6.45) is -4.41. The Kier molecular flexibility index (Phi) is 5.50. The van der Waals surface area contributed by atoms with Crippen molar-refractivity contribution in [3.05, 3.63) is 48.0 Å². The summed E-state index contributed by atoms with van der Waals surface area (Å²) in [4.78, 5) is 0. The van der Waals surface area contributed by atoms with Gasteiger partial charge in [-0.1, -0.05) is 6.07 Å². The van der Waals surface area contributed by atoms with Crippen molar-refractivity contribution in [3.63, 3.8) is 0 Å². The molecule has 128 valence electrons. The van der Waals surface area contributed by atoms with Gasteiger partial charge in [0.2, 0.25) is 0 Å². The molecule has 0 aliphatic rings. The summed E-state index contributed by atoms with van der Waals surface area (Å²) in [6, 6.07) is 9.86. The standard InChI is InChI=1S/C16H15F3N2O2S/c1-22-13-7-6-12(9-14(13)23-2)21-15(24)20-11-5-3-4-10(8-11)16(17,18)19/h3-9H,1-2H3,(H2,20,21,24). The Hall–Kier alpha value is -2.48. The number of methoxy groups -OCH3 is 2. The topological polar surface area (TPSA) is 42.5 Å². The van der Waals surface area contributed by atoms with Gasteiger partial charge >= 0.3 is 6.18 Å². The van der Waals surface area contributed by atoms with Gasteiger partial charge in [0.25, 0.3) is 0 Å². The highest BCUT2D eigenvalue weighted by Crippen LogP contribution is 2.31. The molecular weight excluding hydrogens is 341 g/mol. The van der Waals surface area contributed by atoms with Crippen LogP contribution in [-0.2, 0) is 6.18 Å². The molecule has 0 heterocycles. The summed E-state index contributed by atoms with van der Waals surface area (Å²) < 4.78 is 48.4. The Morgan fingerprint density at radius 2 is 1.54 bits per heavy atom. The SMILES string of the molecule is COc1ccc(NC(=S)Nc2cccc(C(F)(F)F)c2)cc1OC. The highest BCUT2D eigenvalue weighted by atomic mass is 32.1. The molecule has 0 aromatic heterocycles. The van der Waals surface area contributed by atoms with Crippen molar-refractivity contribution >= 4 is 28.7 Å². The third-order valence-electron chi connectivity index (χ3n) is 3.09. The van der Waals surface area contributed by atoms with Crippen LogP contribution in [-0.4, -0.2) is 19.3 Å². The van der Waals surface area contributed by atoms with Crippen molar-refractivity contribution in [3.8, 4) is 11.5 Å². The van der Waals surface area contributed by atoms with Gasteiger partial charge in [0.05, 0.1) is 19.8 Å². The van der Waals surface area contributed by atoms with Crippen LogP contribution in [0.25, 0.3) is 0 Å². The van der Waals surface area contributed by atoms with Crippen LogP contribution in [0.2, 0.25) is 0 Å². The smallest absolute Gasteiger partial charge is 0.416 e. The first-order chi connectivity index (χ1) is 11.3. The molecule has 2 aromatic rings. The largest absolute Gasteiger partial charge is 0.493 e. The summed E-state index contributed by atoms with van der Waals surface area (Å²) in [7, 11) is 3.02. The Morgan fingerprint density at radius 1 is 0.917 bits per heavy atom. The Morgan fingerprint density at radius 3 is 2.12 bits per heavy atom. The number of hydrogen-bond donors (Lipinski definition) is 2. The zero-order valence-corrected chi connectivity index (χ0v) is 13.7. The monoisotopic (exact) mass is 356 g/mol. The molecule has 2 rings (SSSR count). The van der Waals surface area contributed by atoms with E-state index in [0.717, 1.165) is 12.1 Å². The van der Waals surface area contributed by atoms with Crippen LogP contribution >= 0.6 is 12.2 Å². The average Bonchev–Trinajstić information content (AvgIpc) is 2.54. The summed E-state index contributed by atoms with van der Waals surface area (Å²) >= 11 is 5.12. The number of rotatable bonds is 4. The highest BCUT2D eigenvalue weighted by Gasteiger charge is 2.30. The summed E-state index contributed by atoms with van der Waals surface area (Å²) in [5.74, 6) is 1.06. The van der Waals surface area contributed by atoms with Crippen LogP contribution in [0.5, 0.6) is 11.5 Å². The van der Waals surface area contributed by atoms with Gasteiger partial charge in [0, 0.05) is 17.4 Å². The number of benzene rings is 2. The van der Waals surface area contributed by atoms with Crippen molar-refractivity contribution in [1.29, 1.82) is 0 Å². The third-order valence-corrected chi connectivity index (χ3v) is 3.29. The van der Waals surface area contributed by atoms with Crippen molar-refractivity contribution in [2.45, 2.75) is 6.18 Å². The van der Waals surface area contributed by atoms with Crippen molar-refractivity contribution in [2.24, 2.45) is 0 Å². The predicted molar refractivity (Wildman–Crippen MR) is 90.8 cm³/mol. The Labute approximate surface area is 142 Å². The van der Waals surface area contributed by atoms with Crippen LogP contribution in [0, 0.1) is 0 Å². The van der Waals surface area contributed by atoms with E-state index in [-0.39, 0.29) is 10.8 Å². The Balaban J connectivity index is 2.09. The normalized spacial score (nSPS) is 10.9. The molecule has 4 nitrogen and oxygen atoms in total. The second kappa shape index (κ2) is 7.39. The van der Waals surface area contributed by atoms with Gasteiger partial charge in [-0.2, -0.15) is 13.2 Å². The molecule has 8 heteroatoms. The van der Waals surface area contributed by atoms with Crippen molar-refractivity contribution in [1.82, 2.24) is 0 Å². The molecule has 2 aromatic carbocycles. The zero-order valence-electron chi connectivity index (χ0n) is 12.9. The fourth-order valence-corrected chi connectivity index (χ4v) is 2.22. The highest BCUT2D eigenvalue weighted by molar-refractivity contribution is 7.80. The average molecular weight is 356 g/mol. The maximum atomic E-state index is 12.7. The second-order valence-electron chi connectivity index (χ2n) is 4.73. The summed E-state index contributed by atoms with van der Waals surface area (Å²) in [5.41, 5.74) is 0.0985. The molecule has 0 fully saturated rings. The lowest BCUT2D eigenvalue weighted by molar-refractivity contribution is -0.137. The molecule has 0 amide bonds. The van der Waals surface area contributed by atoms with Gasteiger partial charge in [-0.25, -0.2) is 0 Å². The molecule has 0 radical (unpaired) electrons. The maximum absolute atomic E-state index is 12.7. The van der Waals surface area contributed by atoms with E-state index >= 15 is 0 Å². The van der Waals surface area contributed by atoms with E-state index in [1.165, 1.54) is 26.4 Å². The number of halogens is 3. The van der Waals surface area contributed by atoms with Crippen molar-refractivity contribution in [2.75, 3.05) is 24.9 Å². The molecule has 0 aliphatic heterocycles. The van der Waals surface area contributed by atoms with Gasteiger partial charge in [-0.15, -0.1) is 0 Å². The number of nitrogens with one attached hydrogen (secondary N) is 2. The van der Waals surface area contributed by atoms with E-state index in [9.17, 15) is 13.2 Å². The molecule has 0 saturated heterocycles. The molecule has 2 N–H and O–H groups in total. The number of ether oxygens (including phenoxy) is 2. The van der Waals surface area contributed by atoms with Gasteiger partial charge in [0.1, 0.15) is 0 Å². The lowest BCUT2D eigenvalue weighted by Crippen LogP contribution is -2.19. The molecule has 0 unspecified atom stereocenters. The minimum absolute atomic E-state index is 0.154. The van der Waals surface area contributed by atoms with Crippen LogP contribution in [0.1, 0.15) is 5.56 Å². The van der Waals surface area contributed by atoms with E-state index < -0.39 is 11.7 Å².